The van der Waals surface area contributed by atoms with E-state index in [2.05, 4.69) is 24.8 Å². The van der Waals surface area contributed by atoms with Crippen LogP contribution in [0.1, 0.15) is 5.69 Å². The van der Waals surface area contributed by atoms with Gasteiger partial charge in [0.15, 0.2) is 0 Å². The largest absolute Gasteiger partial charge is 0.353 e. The summed E-state index contributed by atoms with van der Waals surface area (Å²) in [5, 5.41) is 0.512. The zero-order valence-corrected chi connectivity index (χ0v) is 13.3. The van der Waals surface area contributed by atoms with Crippen molar-refractivity contribution in [3.63, 3.8) is 0 Å². The monoisotopic (exact) mass is 323 g/mol. The quantitative estimate of drug-likeness (QED) is 0.741. The van der Waals surface area contributed by atoms with Crippen LogP contribution in [0.3, 0.4) is 0 Å². The minimum atomic E-state index is -0.265. The third-order valence-electron chi connectivity index (χ3n) is 4.38. The molecular weight excluding hydrogens is 305 g/mol. The van der Waals surface area contributed by atoms with E-state index < -0.39 is 0 Å². The van der Waals surface area contributed by atoms with Gasteiger partial charge in [-0.3, -0.25) is 9.88 Å². The predicted molar refractivity (Wildman–Crippen MR) is 91.2 cm³/mol. The zero-order valence-electron chi connectivity index (χ0n) is 13.3. The lowest BCUT2D eigenvalue weighted by molar-refractivity contribution is 0.246. The van der Waals surface area contributed by atoms with Gasteiger partial charge in [0.05, 0.1) is 16.6 Å². The molecule has 1 aromatic carbocycles. The number of piperazine rings is 1. The highest BCUT2D eigenvalue weighted by Gasteiger charge is 2.21. The summed E-state index contributed by atoms with van der Waals surface area (Å²) in [6.07, 6.45) is 3.33. The first-order valence-electron chi connectivity index (χ1n) is 8.08. The van der Waals surface area contributed by atoms with Crippen molar-refractivity contribution in [3.8, 4) is 0 Å². The number of halogens is 1. The van der Waals surface area contributed by atoms with Gasteiger partial charge in [-0.25, -0.2) is 14.4 Å². The Kier molecular flexibility index (Phi) is 4.04. The molecule has 1 aliphatic heterocycles. The second-order valence-electron chi connectivity index (χ2n) is 5.92. The highest BCUT2D eigenvalue weighted by Crippen LogP contribution is 2.26. The maximum absolute atomic E-state index is 14.2. The molecule has 3 heterocycles. The molecule has 2 aromatic heterocycles. The molecule has 5 nitrogen and oxygen atoms in total. The Balaban J connectivity index is 1.50. The van der Waals surface area contributed by atoms with Crippen molar-refractivity contribution in [2.45, 2.75) is 6.54 Å². The Morgan fingerprint density at radius 3 is 2.58 bits per heavy atom. The number of rotatable bonds is 3. The number of anilines is 1. The molecule has 0 saturated carbocycles. The van der Waals surface area contributed by atoms with Gasteiger partial charge in [-0.2, -0.15) is 0 Å². The van der Waals surface area contributed by atoms with Crippen molar-refractivity contribution in [1.29, 1.82) is 0 Å². The summed E-state index contributed by atoms with van der Waals surface area (Å²) >= 11 is 0. The van der Waals surface area contributed by atoms with E-state index in [1.807, 2.05) is 30.5 Å². The number of pyridine rings is 1. The number of hydrogen-bond donors (Lipinski definition) is 0. The van der Waals surface area contributed by atoms with Gasteiger partial charge in [-0.05, 0) is 24.3 Å². The summed E-state index contributed by atoms with van der Waals surface area (Å²) in [5.41, 5.74) is 1.72. The predicted octanol–water partition coefficient (Wildman–Crippen LogP) is 2.49. The van der Waals surface area contributed by atoms with Crippen LogP contribution >= 0.6 is 0 Å². The van der Waals surface area contributed by atoms with Crippen molar-refractivity contribution in [3.05, 3.63) is 60.4 Å². The Morgan fingerprint density at radius 1 is 0.917 bits per heavy atom. The van der Waals surface area contributed by atoms with Crippen LogP contribution in [0.2, 0.25) is 0 Å². The summed E-state index contributed by atoms with van der Waals surface area (Å²) in [4.78, 5) is 17.4. The van der Waals surface area contributed by atoms with Gasteiger partial charge >= 0.3 is 0 Å². The first-order chi connectivity index (χ1) is 11.8. The molecule has 0 radical (unpaired) electrons. The number of nitrogens with zero attached hydrogens (tertiary/aromatic N) is 5. The molecule has 0 unspecified atom stereocenters. The van der Waals surface area contributed by atoms with Crippen LogP contribution in [0.5, 0.6) is 0 Å². The molecule has 4 rings (SSSR count). The highest BCUT2D eigenvalue weighted by molar-refractivity contribution is 5.89. The molecule has 0 amide bonds. The standard InChI is InChI=1S/C18H18FN5/c19-15-5-3-6-16-17(15)18(22-13-21-16)24-10-8-23(9-11-24)12-14-4-1-2-7-20-14/h1-7,13H,8-12H2. The summed E-state index contributed by atoms with van der Waals surface area (Å²) in [7, 11) is 0. The van der Waals surface area contributed by atoms with E-state index in [4.69, 9.17) is 0 Å². The van der Waals surface area contributed by atoms with Gasteiger partial charge in [-0.15, -0.1) is 0 Å². The molecule has 1 saturated heterocycles. The van der Waals surface area contributed by atoms with Crippen LogP contribution in [0.15, 0.2) is 48.9 Å². The molecule has 0 spiro atoms. The molecule has 0 aliphatic carbocycles. The van der Waals surface area contributed by atoms with Crippen LogP contribution in [-0.2, 0) is 6.54 Å². The fourth-order valence-electron chi connectivity index (χ4n) is 3.13. The lowest BCUT2D eigenvalue weighted by Gasteiger charge is -2.35. The lowest BCUT2D eigenvalue weighted by Crippen LogP contribution is -2.46. The number of fused-ring (bicyclic) bond motifs is 1. The molecule has 6 heteroatoms. The Hall–Kier alpha value is -2.60. The maximum atomic E-state index is 14.2. The zero-order chi connectivity index (χ0) is 16.4. The molecule has 0 bridgehead atoms. The molecule has 1 aliphatic rings. The van der Waals surface area contributed by atoms with Gasteiger partial charge in [0.1, 0.15) is 18.0 Å². The van der Waals surface area contributed by atoms with E-state index in [-0.39, 0.29) is 5.82 Å². The van der Waals surface area contributed by atoms with Crippen LogP contribution in [0, 0.1) is 5.82 Å². The van der Waals surface area contributed by atoms with Crippen molar-refractivity contribution in [2.75, 3.05) is 31.1 Å². The highest BCUT2D eigenvalue weighted by atomic mass is 19.1. The van der Waals surface area contributed by atoms with Crippen molar-refractivity contribution >= 4 is 16.7 Å². The Morgan fingerprint density at radius 2 is 1.79 bits per heavy atom. The van der Waals surface area contributed by atoms with E-state index in [9.17, 15) is 4.39 Å². The minimum absolute atomic E-state index is 0.265. The molecule has 0 N–H and O–H groups in total. The molecule has 122 valence electrons. The fraction of sp³-hybridized carbons (Fsp3) is 0.278. The Bertz CT molecular complexity index is 826. The number of hydrogen-bond acceptors (Lipinski definition) is 5. The van der Waals surface area contributed by atoms with E-state index in [0.29, 0.717) is 16.7 Å². The smallest absolute Gasteiger partial charge is 0.142 e. The van der Waals surface area contributed by atoms with Gasteiger partial charge in [0, 0.05) is 38.9 Å². The molecule has 0 atom stereocenters. The summed E-state index contributed by atoms with van der Waals surface area (Å²) in [6.45, 7) is 4.27. The van der Waals surface area contributed by atoms with E-state index in [1.165, 1.54) is 12.4 Å². The Labute approximate surface area is 139 Å². The summed E-state index contributed by atoms with van der Waals surface area (Å²) in [6, 6.07) is 10.9. The minimum Gasteiger partial charge on any atom is -0.353 e. The molecule has 3 aromatic rings. The maximum Gasteiger partial charge on any atom is 0.142 e. The average molecular weight is 323 g/mol. The van der Waals surface area contributed by atoms with Crippen molar-refractivity contribution in [2.24, 2.45) is 0 Å². The molecule has 24 heavy (non-hydrogen) atoms. The molecule has 1 fully saturated rings. The lowest BCUT2D eigenvalue weighted by atomic mass is 10.2. The van der Waals surface area contributed by atoms with E-state index >= 15 is 0 Å². The van der Waals surface area contributed by atoms with E-state index in [0.717, 1.165) is 38.4 Å². The SMILES string of the molecule is Fc1cccc2ncnc(N3CCN(Cc4ccccn4)CC3)c12. The van der Waals surface area contributed by atoms with Crippen LogP contribution in [-0.4, -0.2) is 46.0 Å². The normalized spacial score (nSPS) is 15.8. The van der Waals surface area contributed by atoms with Crippen molar-refractivity contribution in [1.82, 2.24) is 19.9 Å². The number of benzene rings is 1. The first kappa shape index (κ1) is 15.0. The second-order valence-corrected chi connectivity index (χ2v) is 5.92. The van der Waals surface area contributed by atoms with E-state index in [1.54, 1.807) is 6.07 Å². The van der Waals surface area contributed by atoms with Crippen LogP contribution < -0.4 is 4.90 Å². The average Bonchev–Trinajstić information content (AvgIpc) is 2.63. The number of aromatic nitrogens is 3. The third-order valence-corrected chi connectivity index (χ3v) is 4.38. The summed E-state index contributed by atoms with van der Waals surface area (Å²) in [5.74, 6) is 0.426. The van der Waals surface area contributed by atoms with Gasteiger partial charge in [-0.1, -0.05) is 12.1 Å². The van der Waals surface area contributed by atoms with Gasteiger partial charge in [0.2, 0.25) is 0 Å². The second kappa shape index (κ2) is 6.49. The van der Waals surface area contributed by atoms with Gasteiger partial charge < -0.3 is 4.90 Å². The fourth-order valence-corrected chi connectivity index (χ4v) is 3.13. The van der Waals surface area contributed by atoms with Crippen LogP contribution in [0.25, 0.3) is 10.9 Å². The third kappa shape index (κ3) is 2.92. The summed E-state index contributed by atoms with van der Waals surface area (Å²) < 4.78 is 14.2. The molecular formula is C18H18FN5. The van der Waals surface area contributed by atoms with Gasteiger partial charge in [0.25, 0.3) is 0 Å². The first-order valence-corrected chi connectivity index (χ1v) is 8.08. The van der Waals surface area contributed by atoms with Crippen molar-refractivity contribution < 1.29 is 4.39 Å². The topological polar surface area (TPSA) is 45.2 Å². The van der Waals surface area contributed by atoms with Crippen LogP contribution in [0.4, 0.5) is 10.2 Å².